The summed E-state index contributed by atoms with van der Waals surface area (Å²) in [6.45, 7) is 2.57. The number of benzene rings is 2. The molecule has 0 atom stereocenters. The first-order valence-electron chi connectivity index (χ1n) is 7.86. The van der Waals surface area contributed by atoms with Crippen molar-refractivity contribution in [2.24, 2.45) is 0 Å². The topological polar surface area (TPSA) is 70.4 Å². The number of rotatable bonds is 5. The van der Waals surface area contributed by atoms with Crippen LogP contribution in [0.25, 0.3) is 10.9 Å². The first-order chi connectivity index (χ1) is 12.1. The minimum Gasteiger partial charge on any atom is -0.492 e. The zero-order chi connectivity index (χ0) is 17.8. The van der Waals surface area contributed by atoms with Gasteiger partial charge < -0.3 is 9.47 Å². The molecule has 0 N–H and O–H groups in total. The molecule has 6 heteroatoms. The number of esters is 1. The summed E-state index contributed by atoms with van der Waals surface area (Å²) in [5.41, 5.74) is 2.01. The monoisotopic (exact) mass is 338 g/mol. The zero-order valence-electron chi connectivity index (χ0n) is 14.1. The average Bonchev–Trinajstić information content (AvgIpc) is 2.64. The summed E-state index contributed by atoms with van der Waals surface area (Å²) in [7, 11) is 1.33. The van der Waals surface area contributed by atoms with E-state index in [2.05, 4.69) is 9.72 Å². The molecule has 128 valence electrons. The molecule has 0 spiro atoms. The Morgan fingerprint density at radius 1 is 1.20 bits per heavy atom. The number of fused-ring (bicyclic) bond motifs is 1. The molecule has 0 radical (unpaired) electrons. The number of carbonyl (C=O) groups excluding carboxylic acids is 1. The third-order valence-electron chi connectivity index (χ3n) is 3.91. The third-order valence-corrected chi connectivity index (χ3v) is 3.91. The average molecular weight is 338 g/mol. The van der Waals surface area contributed by atoms with Gasteiger partial charge in [0, 0.05) is 0 Å². The minimum atomic E-state index is -0.421. The molecule has 0 saturated carbocycles. The van der Waals surface area contributed by atoms with Gasteiger partial charge in [0.2, 0.25) is 0 Å². The van der Waals surface area contributed by atoms with Crippen molar-refractivity contribution in [2.45, 2.75) is 13.5 Å². The second kappa shape index (κ2) is 7.17. The van der Waals surface area contributed by atoms with E-state index in [1.54, 1.807) is 30.3 Å². The first kappa shape index (κ1) is 16.7. The summed E-state index contributed by atoms with van der Waals surface area (Å²) in [6, 6.07) is 12.3. The highest BCUT2D eigenvalue weighted by molar-refractivity contribution is 5.89. The Morgan fingerprint density at radius 3 is 2.80 bits per heavy atom. The van der Waals surface area contributed by atoms with Gasteiger partial charge in [-0.25, -0.2) is 9.78 Å². The number of hydrogen-bond acceptors (Lipinski definition) is 5. The van der Waals surface area contributed by atoms with Crippen molar-refractivity contribution < 1.29 is 14.3 Å². The number of ether oxygens (including phenoxy) is 2. The molecular formula is C19H18N2O4. The van der Waals surface area contributed by atoms with Crippen molar-refractivity contribution in [3.63, 3.8) is 0 Å². The molecule has 0 unspecified atom stereocenters. The Kier molecular flexibility index (Phi) is 4.79. The van der Waals surface area contributed by atoms with Crippen LogP contribution >= 0.6 is 0 Å². The molecule has 6 nitrogen and oxygen atoms in total. The van der Waals surface area contributed by atoms with E-state index in [4.69, 9.17) is 4.74 Å². The molecule has 2 aromatic carbocycles. The lowest BCUT2D eigenvalue weighted by Gasteiger charge is -2.10. The van der Waals surface area contributed by atoms with Gasteiger partial charge in [0.25, 0.3) is 5.56 Å². The smallest absolute Gasteiger partial charge is 0.337 e. The normalized spacial score (nSPS) is 10.6. The van der Waals surface area contributed by atoms with Crippen molar-refractivity contribution >= 4 is 16.9 Å². The van der Waals surface area contributed by atoms with Crippen LogP contribution in [-0.2, 0) is 11.3 Å². The number of hydrogen-bond donors (Lipinski definition) is 0. The van der Waals surface area contributed by atoms with E-state index in [-0.39, 0.29) is 12.2 Å². The highest BCUT2D eigenvalue weighted by Crippen LogP contribution is 2.14. The number of nitrogens with zero attached hydrogens (tertiary/aromatic N) is 2. The third kappa shape index (κ3) is 3.52. The second-order valence-electron chi connectivity index (χ2n) is 5.58. The predicted octanol–water partition coefficient (Wildman–Crippen LogP) is 2.57. The summed E-state index contributed by atoms with van der Waals surface area (Å²) in [6.07, 6.45) is 1.53. The van der Waals surface area contributed by atoms with Gasteiger partial charge in [-0.05, 0) is 36.8 Å². The molecule has 0 saturated heterocycles. The predicted molar refractivity (Wildman–Crippen MR) is 94.0 cm³/mol. The van der Waals surface area contributed by atoms with Crippen LogP contribution in [-0.4, -0.2) is 29.2 Å². The van der Waals surface area contributed by atoms with Gasteiger partial charge in [-0.1, -0.05) is 18.2 Å². The highest BCUT2D eigenvalue weighted by Gasteiger charge is 2.08. The van der Waals surface area contributed by atoms with Crippen LogP contribution in [0.5, 0.6) is 5.75 Å². The van der Waals surface area contributed by atoms with Crippen molar-refractivity contribution in [3.8, 4) is 5.75 Å². The minimum absolute atomic E-state index is 0.0967. The Balaban J connectivity index is 1.73. The zero-order valence-corrected chi connectivity index (χ0v) is 14.1. The Hall–Kier alpha value is -3.15. The maximum absolute atomic E-state index is 12.5. The van der Waals surface area contributed by atoms with Crippen LogP contribution in [0.4, 0.5) is 0 Å². The molecule has 3 aromatic rings. The van der Waals surface area contributed by atoms with E-state index in [1.807, 2.05) is 19.1 Å². The lowest BCUT2D eigenvalue weighted by atomic mass is 10.1. The summed E-state index contributed by atoms with van der Waals surface area (Å²) in [5.74, 6) is 0.122. The molecule has 1 aromatic heterocycles. The van der Waals surface area contributed by atoms with Gasteiger partial charge in [0.15, 0.2) is 0 Å². The van der Waals surface area contributed by atoms with E-state index in [9.17, 15) is 9.59 Å². The van der Waals surface area contributed by atoms with E-state index in [1.165, 1.54) is 18.0 Å². The summed E-state index contributed by atoms with van der Waals surface area (Å²) in [4.78, 5) is 28.4. The van der Waals surface area contributed by atoms with Gasteiger partial charge >= 0.3 is 5.97 Å². The van der Waals surface area contributed by atoms with Gasteiger partial charge in [-0.2, -0.15) is 0 Å². The Morgan fingerprint density at radius 2 is 2.00 bits per heavy atom. The second-order valence-corrected chi connectivity index (χ2v) is 5.58. The van der Waals surface area contributed by atoms with Gasteiger partial charge in [-0.3, -0.25) is 9.36 Å². The number of methoxy groups -OCH3 is 1. The summed E-state index contributed by atoms with van der Waals surface area (Å²) >= 11 is 0. The maximum atomic E-state index is 12.5. The standard InChI is InChI=1S/C19H18N2O4/c1-13-5-3-8-16-17(13)20-12-21(18(16)22)9-10-25-15-7-4-6-14(11-15)19(23)24-2/h3-8,11-12H,9-10H2,1-2H3. The van der Waals surface area contributed by atoms with Crippen molar-refractivity contribution in [1.29, 1.82) is 0 Å². The number of para-hydroxylation sites is 1. The largest absolute Gasteiger partial charge is 0.492 e. The molecule has 0 aliphatic carbocycles. The van der Waals surface area contributed by atoms with Crippen molar-refractivity contribution in [1.82, 2.24) is 9.55 Å². The molecule has 25 heavy (non-hydrogen) atoms. The van der Waals surface area contributed by atoms with Crippen LogP contribution in [0.15, 0.2) is 53.6 Å². The molecular weight excluding hydrogens is 320 g/mol. The quantitative estimate of drug-likeness (QED) is 0.669. The molecule has 1 heterocycles. The molecule has 0 aliphatic rings. The molecule has 0 aliphatic heterocycles. The molecule has 0 bridgehead atoms. The van der Waals surface area contributed by atoms with Crippen LogP contribution in [0.2, 0.25) is 0 Å². The summed E-state index contributed by atoms with van der Waals surface area (Å²) in [5, 5.41) is 0.593. The number of aryl methyl sites for hydroxylation is 1. The lowest BCUT2D eigenvalue weighted by molar-refractivity contribution is 0.0600. The fourth-order valence-electron chi connectivity index (χ4n) is 2.59. The lowest BCUT2D eigenvalue weighted by Crippen LogP contribution is -2.23. The van der Waals surface area contributed by atoms with Crippen molar-refractivity contribution in [3.05, 3.63) is 70.3 Å². The van der Waals surface area contributed by atoms with Crippen LogP contribution in [0.1, 0.15) is 15.9 Å². The SMILES string of the molecule is COC(=O)c1cccc(OCCn2cnc3c(C)cccc3c2=O)c1. The Labute approximate surface area is 144 Å². The van der Waals surface area contributed by atoms with Gasteiger partial charge in [0.05, 0.1) is 36.4 Å². The maximum Gasteiger partial charge on any atom is 0.337 e. The fourth-order valence-corrected chi connectivity index (χ4v) is 2.59. The first-order valence-corrected chi connectivity index (χ1v) is 7.86. The Bertz CT molecular complexity index is 979. The summed E-state index contributed by atoms with van der Waals surface area (Å²) < 4.78 is 11.8. The molecule has 3 rings (SSSR count). The van der Waals surface area contributed by atoms with Crippen LogP contribution in [0.3, 0.4) is 0 Å². The van der Waals surface area contributed by atoms with Crippen LogP contribution < -0.4 is 10.3 Å². The highest BCUT2D eigenvalue weighted by atomic mass is 16.5. The fraction of sp³-hybridized carbons (Fsp3) is 0.211. The number of aromatic nitrogens is 2. The van der Waals surface area contributed by atoms with E-state index >= 15 is 0 Å². The van der Waals surface area contributed by atoms with E-state index < -0.39 is 5.97 Å². The van der Waals surface area contributed by atoms with Gasteiger partial charge in [0.1, 0.15) is 12.4 Å². The molecule has 0 amide bonds. The van der Waals surface area contributed by atoms with Gasteiger partial charge in [-0.15, -0.1) is 0 Å². The van der Waals surface area contributed by atoms with E-state index in [0.717, 1.165) is 11.1 Å². The van der Waals surface area contributed by atoms with Crippen molar-refractivity contribution in [2.75, 3.05) is 13.7 Å². The number of carbonyl (C=O) groups is 1. The molecule has 0 fully saturated rings. The van der Waals surface area contributed by atoms with Crippen LogP contribution in [0, 0.1) is 6.92 Å². The van der Waals surface area contributed by atoms with E-state index in [0.29, 0.717) is 23.2 Å².